The Morgan fingerprint density at radius 2 is 1.83 bits per heavy atom. The summed E-state index contributed by atoms with van der Waals surface area (Å²) in [5.74, 6) is -1.71. The van der Waals surface area contributed by atoms with Crippen LogP contribution in [0.25, 0.3) is 0 Å². The van der Waals surface area contributed by atoms with Crippen LogP contribution in [-0.4, -0.2) is 22.6 Å². The van der Waals surface area contributed by atoms with Crippen LogP contribution in [0.15, 0.2) is 12.1 Å². The van der Waals surface area contributed by atoms with E-state index in [-0.39, 0.29) is 16.8 Å². The number of rotatable bonds is 2. The number of carboxylic acid groups (broad SMARTS) is 1. The number of nitrogens with two attached hydrogens (primary N) is 1. The van der Waals surface area contributed by atoms with E-state index in [4.69, 9.17) is 15.6 Å². The highest BCUT2D eigenvalue weighted by molar-refractivity contribution is 6.01. The van der Waals surface area contributed by atoms with E-state index in [1.807, 2.05) is 0 Å². The van der Waals surface area contributed by atoms with Gasteiger partial charge >= 0.3 is 11.9 Å². The van der Waals surface area contributed by atoms with Gasteiger partial charge in [0.05, 0.1) is 11.1 Å². The van der Waals surface area contributed by atoms with Gasteiger partial charge in [-0.25, -0.2) is 9.59 Å². The van der Waals surface area contributed by atoms with Crippen molar-refractivity contribution < 1.29 is 19.4 Å². The highest BCUT2D eigenvalue weighted by Gasteiger charge is 2.24. The van der Waals surface area contributed by atoms with Gasteiger partial charge in [0.15, 0.2) is 0 Å². The summed E-state index contributed by atoms with van der Waals surface area (Å²) in [5.41, 5.74) is 5.75. The van der Waals surface area contributed by atoms with Crippen molar-refractivity contribution in [3.63, 3.8) is 0 Å². The second kappa shape index (κ2) is 4.68. The van der Waals surface area contributed by atoms with Crippen LogP contribution >= 0.6 is 0 Å². The largest absolute Gasteiger partial charge is 0.478 e. The quantitative estimate of drug-likeness (QED) is 0.621. The first-order valence-corrected chi connectivity index (χ1v) is 5.49. The molecule has 0 aliphatic carbocycles. The summed E-state index contributed by atoms with van der Waals surface area (Å²) >= 11 is 0. The lowest BCUT2D eigenvalue weighted by Crippen LogP contribution is -2.25. The number of nitrogen functional groups attached to an aromatic ring is 1. The van der Waals surface area contributed by atoms with Gasteiger partial charge in [-0.1, -0.05) is 0 Å². The molecule has 3 N–H and O–H groups in total. The Balaban J connectivity index is 3.28. The molecule has 0 radical (unpaired) electrons. The topological polar surface area (TPSA) is 89.6 Å². The monoisotopic (exact) mass is 251 g/mol. The number of hydrogen-bond acceptors (Lipinski definition) is 4. The Morgan fingerprint density at radius 1 is 1.28 bits per heavy atom. The lowest BCUT2D eigenvalue weighted by Gasteiger charge is -2.21. The SMILES string of the molecule is Cc1c(C(=O)O)ccc(N)c1C(=O)OC(C)(C)C. The summed E-state index contributed by atoms with van der Waals surface area (Å²) in [5, 5.41) is 9.00. The lowest BCUT2D eigenvalue weighted by atomic mass is 10.0. The maximum absolute atomic E-state index is 12.0. The third-order valence-electron chi connectivity index (χ3n) is 2.33. The predicted octanol–water partition coefficient (Wildman–Crippen LogP) is 2.23. The van der Waals surface area contributed by atoms with Crippen LogP contribution in [0.5, 0.6) is 0 Å². The van der Waals surface area contributed by atoms with Gasteiger partial charge < -0.3 is 15.6 Å². The number of anilines is 1. The van der Waals surface area contributed by atoms with Crippen molar-refractivity contribution in [1.29, 1.82) is 0 Å². The molecule has 5 nitrogen and oxygen atoms in total. The Kier molecular flexibility index (Phi) is 3.65. The van der Waals surface area contributed by atoms with E-state index >= 15 is 0 Å². The van der Waals surface area contributed by atoms with Gasteiger partial charge in [-0.15, -0.1) is 0 Å². The maximum atomic E-state index is 12.0. The number of benzene rings is 1. The van der Waals surface area contributed by atoms with Gasteiger partial charge in [0.25, 0.3) is 0 Å². The van der Waals surface area contributed by atoms with Crippen molar-refractivity contribution in [2.45, 2.75) is 33.3 Å². The molecular weight excluding hydrogens is 234 g/mol. The zero-order chi connectivity index (χ0) is 14.1. The van der Waals surface area contributed by atoms with E-state index in [2.05, 4.69) is 0 Å². The third kappa shape index (κ3) is 3.00. The van der Waals surface area contributed by atoms with Crippen LogP contribution in [0.2, 0.25) is 0 Å². The first kappa shape index (κ1) is 14.0. The molecule has 0 bridgehead atoms. The number of aromatic carboxylic acids is 1. The molecular formula is C13H17NO4. The van der Waals surface area contributed by atoms with Gasteiger partial charge in [-0.3, -0.25) is 0 Å². The number of carboxylic acids is 1. The summed E-state index contributed by atoms with van der Waals surface area (Å²) in [6.45, 7) is 6.74. The molecule has 0 atom stereocenters. The summed E-state index contributed by atoms with van der Waals surface area (Å²) < 4.78 is 5.21. The second-order valence-corrected chi connectivity index (χ2v) is 5.01. The van der Waals surface area contributed by atoms with Gasteiger partial charge in [0.1, 0.15) is 5.60 Å². The fourth-order valence-electron chi connectivity index (χ4n) is 1.56. The van der Waals surface area contributed by atoms with E-state index in [1.165, 1.54) is 12.1 Å². The maximum Gasteiger partial charge on any atom is 0.341 e. The molecule has 98 valence electrons. The summed E-state index contributed by atoms with van der Waals surface area (Å²) in [4.78, 5) is 23.0. The molecule has 0 unspecified atom stereocenters. The summed E-state index contributed by atoms with van der Waals surface area (Å²) in [7, 11) is 0. The lowest BCUT2D eigenvalue weighted by molar-refractivity contribution is 0.00700. The highest BCUT2D eigenvalue weighted by atomic mass is 16.6. The minimum absolute atomic E-state index is 0.0464. The predicted molar refractivity (Wildman–Crippen MR) is 67.7 cm³/mol. The van der Waals surface area contributed by atoms with E-state index in [9.17, 15) is 9.59 Å². The molecule has 0 aliphatic heterocycles. The van der Waals surface area contributed by atoms with Crippen molar-refractivity contribution >= 4 is 17.6 Å². The molecule has 0 spiro atoms. The number of carbonyl (C=O) groups is 2. The van der Waals surface area contributed by atoms with Crippen LogP contribution in [0, 0.1) is 6.92 Å². The van der Waals surface area contributed by atoms with E-state index < -0.39 is 17.5 Å². The molecule has 0 amide bonds. The molecule has 0 saturated carbocycles. The fraction of sp³-hybridized carbons (Fsp3) is 0.385. The molecule has 0 aromatic heterocycles. The van der Waals surface area contributed by atoms with Crippen molar-refractivity contribution in [1.82, 2.24) is 0 Å². The number of ether oxygens (including phenoxy) is 1. The number of carbonyl (C=O) groups excluding carboxylic acids is 1. The van der Waals surface area contributed by atoms with Gasteiger partial charge in [-0.05, 0) is 45.4 Å². The second-order valence-electron chi connectivity index (χ2n) is 5.01. The van der Waals surface area contributed by atoms with Crippen LogP contribution in [-0.2, 0) is 4.74 Å². The zero-order valence-corrected chi connectivity index (χ0v) is 10.9. The fourth-order valence-corrected chi connectivity index (χ4v) is 1.56. The van der Waals surface area contributed by atoms with Crippen LogP contribution in [0.4, 0.5) is 5.69 Å². The normalized spacial score (nSPS) is 11.1. The average molecular weight is 251 g/mol. The number of hydrogen-bond donors (Lipinski definition) is 2. The van der Waals surface area contributed by atoms with Gasteiger partial charge in [0, 0.05) is 5.69 Å². The first-order valence-electron chi connectivity index (χ1n) is 5.49. The average Bonchev–Trinajstić information content (AvgIpc) is 2.13. The minimum Gasteiger partial charge on any atom is -0.478 e. The summed E-state index contributed by atoms with van der Waals surface area (Å²) in [6, 6.07) is 2.77. The molecule has 5 heteroatoms. The Hall–Kier alpha value is -2.04. The molecule has 1 rings (SSSR count). The number of esters is 1. The van der Waals surface area contributed by atoms with E-state index in [0.29, 0.717) is 5.56 Å². The summed E-state index contributed by atoms with van der Waals surface area (Å²) in [6.07, 6.45) is 0. The Morgan fingerprint density at radius 3 is 2.28 bits per heavy atom. The van der Waals surface area contributed by atoms with Gasteiger partial charge in [0.2, 0.25) is 0 Å². The molecule has 0 saturated heterocycles. The van der Waals surface area contributed by atoms with Crippen LogP contribution in [0.1, 0.15) is 47.1 Å². The van der Waals surface area contributed by atoms with Crippen molar-refractivity contribution in [3.05, 3.63) is 28.8 Å². The molecule has 0 heterocycles. The van der Waals surface area contributed by atoms with Gasteiger partial charge in [-0.2, -0.15) is 0 Å². The van der Waals surface area contributed by atoms with Crippen molar-refractivity contribution in [3.8, 4) is 0 Å². The first-order chi connectivity index (χ1) is 8.13. The molecule has 1 aromatic rings. The molecule has 0 aliphatic rings. The molecule has 1 aromatic carbocycles. The smallest absolute Gasteiger partial charge is 0.341 e. The minimum atomic E-state index is -1.10. The van der Waals surface area contributed by atoms with E-state index in [1.54, 1.807) is 27.7 Å². The molecule has 0 fully saturated rings. The van der Waals surface area contributed by atoms with E-state index in [0.717, 1.165) is 0 Å². The highest BCUT2D eigenvalue weighted by Crippen LogP contribution is 2.23. The van der Waals surface area contributed by atoms with Crippen LogP contribution < -0.4 is 5.73 Å². The molecule has 18 heavy (non-hydrogen) atoms. The third-order valence-corrected chi connectivity index (χ3v) is 2.33. The zero-order valence-electron chi connectivity index (χ0n) is 10.9. The van der Waals surface area contributed by atoms with Crippen LogP contribution in [0.3, 0.4) is 0 Å². The van der Waals surface area contributed by atoms with Crippen molar-refractivity contribution in [2.75, 3.05) is 5.73 Å². The standard InChI is InChI=1S/C13H17NO4/c1-7-8(11(15)16)5-6-9(14)10(7)12(17)18-13(2,3)4/h5-6H,14H2,1-4H3,(H,15,16). The Labute approximate surface area is 106 Å². The van der Waals surface area contributed by atoms with Crippen molar-refractivity contribution in [2.24, 2.45) is 0 Å². The Bertz CT molecular complexity index is 500.